The third kappa shape index (κ3) is 3.44. The zero-order valence-electron chi connectivity index (χ0n) is 17.2. The maximum atomic E-state index is 13.7. The number of amides is 2. The van der Waals surface area contributed by atoms with Gasteiger partial charge in [-0.15, -0.1) is 0 Å². The fourth-order valence-electron chi connectivity index (χ4n) is 4.26. The standard InChI is InChI=1S/C26H23N3O2/c1-31-24-16-8-6-13-21(24)27-26(30)29-18-20-12-5-7-14-22(20)28-17-9-15-23(28)25(29)19-10-3-2-4-11-19/h2-17,25H,18H2,1H3,(H,27,30)/t25-/m0/s1. The summed E-state index contributed by atoms with van der Waals surface area (Å²) in [6.07, 6.45) is 2.06. The fraction of sp³-hybridized carbons (Fsp3) is 0.115. The van der Waals surface area contributed by atoms with E-state index in [0.717, 1.165) is 22.5 Å². The van der Waals surface area contributed by atoms with E-state index in [1.165, 1.54) is 0 Å². The smallest absolute Gasteiger partial charge is 0.323 e. The van der Waals surface area contributed by atoms with Crippen LogP contribution in [0.15, 0.2) is 97.2 Å². The molecule has 0 saturated heterocycles. The third-order valence-electron chi connectivity index (χ3n) is 5.69. The Morgan fingerprint density at radius 1 is 0.903 bits per heavy atom. The van der Waals surface area contributed by atoms with Gasteiger partial charge in [-0.25, -0.2) is 4.79 Å². The van der Waals surface area contributed by atoms with Crippen LogP contribution in [0.3, 0.4) is 0 Å². The lowest BCUT2D eigenvalue weighted by Gasteiger charge is -2.31. The molecule has 154 valence electrons. The fourth-order valence-corrected chi connectivity index (χ4v) is 4.26. The minimum absolute atomic E-state index is 0.178. The number of carbonyl (C=O) groups is 1. The summed E-state index contributed by atoms with van der Waals surface area (Å²) in [6, 6.07) is 29.5. The highest BCUT2D eigenvalue weighted by atomic mass is 16.5. The second kappa shape index (κ2) is 8.03. The molecule has 5 heteroatoms. The largest absolute Gasteiger partial charge is 0.495 e. The van der Waals surface area contributed by atoms with E-state index in [2.05, 4.69) is 46.4 Å². The van der Waals surface area contributed by atoms with Crippen molar-refractivity contribution in [1.82, 2.24) is 9.47 Å². The average Bonchev–Trinajstić information content (AvgIpc) is 3.24. The molecular weight excluding hydrogens is 386 g/mol. The first-order valence-electron chi connectivity index (χ1n) is 10.3. The maximum Gasteiger partial charge on any atom is 0.323 e. The number of aromatic nitrogens is 1. The van der Waals surface area contributed by atoms with Gasteiger partial charge in [0.15, 0.2) is 0 Å². The predicted molar refractivity (Wildman–Crippen MR) is 122 cm³/mol. The molecule has 0 unspecified atom stereocenters. The van der Waals surface area contributed by atoms with Crippen LogP contribution in [0.25, 0.3) is 5.69 Å². The first-order valence-corrected chi connectivity index (χ1v) is 10.3. The van der Waals surface area contributed by atoms with Gasteiger partial charge in [-0.05, 0) is 41.5 Å². The lowest BCUT2D eigenvalue weighted by molar-refractivity contribution is 0.194. The monoisotopic (exact) mass is 409 g/mol. The Bertz CT molecular complexity index is 1220. The Morgan fingerprint density at radius 3 is 2.48 bits per heavy atom. The van der Waals surface area contributed by atoms with E-state index in [1.54, 1.807) is 7.11 Å². The van der Waals surface area contributed by atoms with Crippen LogP contribution in [0.1, 0.15) is 22.9 Å². The molecule has 0 saturated carbocycles. The summed E-state index contributed by atoms with van der Waals surface area (Å²) in [6.45, 7) is 0.485. The quantitative estimate of drug-likeness (QED) is 0.477. The molecule has 0 aliphatic carbocycles. The highest BCUT2D eigenvalue weighted by Crippen LogP contribution is 2.37. The molecule has 5 nitrogen and oxygen atoms in total. The van der Waals surface area contributed by atoms with Gasteiger partial charge in [0.25, 0.3) is 0 Å². The van der Waals surface area contributed by atoms with Crippen LogP contribution in [0.4, 0.5) is 10.5 Å². The van der Waals surface area contributed by atoms with Crippen molar-refractivity contribution in [3.63, 3.8) is 0 Å². The van der Waals surface area contributed by atoms with Gasteiger partial charge >= 0.3 is 6.03 Å². The van der Waals surface area contributed by atoms with Crippen LogP contribution >= 0.6 is 0 Å². The second-order valence-corrected chi connectivity index (χ2v) is 7.50. The van der Waals surface area contributed by atoms with Crippen molar-refractivity contribution in [2.45, 2.75) is 12.6 Å². The summed E-state index contributed by atoms with van der Waals surface area (Å²) in [4.78, 5) is 15.6. The minimum atomic E-state index is -0.238. The Balaban J connectivity index is 1.62. The summed E-state index contributed by atoms with van der Waals surface area (Å²) in [5.41, 5.74) is 4.94. The van der Waals surface area contributed by atoms with Gasteiger partial charge in [-0.3, -0.25) is 0 Å². The number of urea groups is 1. The molecule has 31 heavy (non-hydrogen) atoms. The van der Waals surface area contributed by atoms with Gasteiger partial charge < -0.3 is 19.5 Å². The van der Waals surface area contributed by atoms with E-state index in [-0.39, 0.29) is 12.1 Å². The van der Waals surface area contributed by atoms with Crippen LogP contribution in [-0.4, -0.2) is 22.6 Å². The van der Waals surface area contributed by atoms with E-state index in [4.69, 9.17) is 4.74 Å². The normalized spacial score (nSPS) is 14.9. The van der Waals surface area contributed by atoms with Crippen LogP contribution in [0, 0.1) is 0 Å². The van der Waals surface area contributed by atoms with Crippen molar-refractivity contribution >= 4 is 11.7 Å². The molecule has 3 aromatic carbocycles. The van der Waals surface area contributed by atoms with E-state index >= 15 is 0 Å². The molecular formula is C26H23N3O2. The molecule has 1 aromatic heterocycles. The number of anilines is 1. The van der Waals surface area contributed by atoms with Crippen molar-refractivity contribution in [1.29, 1.82) is 0 Å². The van der Waals surface area contributed by atoms with Gasteiger partial charge in [-0.1, -0.05) is 60.7 Å². The lowest BCUT2D eigenvalue weighted by atomic mass is 10.0. The van der Waals surface area contributed by atoms with Crippen molar-refractivity contribution in [3.8, 4) is 11.4 Å². The molecule has 4 aromatic rings. The number of nitrogens with zero attached hydrogens (tertiary/aromatic N) is 2. The van der Waals surface area contributed by atoms with Gasteiger partial charge in [0, 0.05) is 11.9 Å². The van der Waals surface area contributed by atoms with Gasteiger partial charge in [-0.2, -0.15) is 0 Å². The maximum absolute atomic E-state index is 13.7. The number of nitrogens with one attached hydrogen (secondary N) is 1. The zero-order chi connectivity index (χ0) is 21.2. The Morgan fingerprint density at radius 2 is 1.65 bits per heavy atom. The third-order valence-corrected chi connectivity index (χ3v) is 5.69. The molecule has 5 rings (SSSR count). The van der Waals surface area contributed by atoms with Crippen molar-refractivity contribution in [3.05, 3.63) is 114 Å². The number of hydrogen-bond acceptors (Lipinski definition) is 2. The van der Waals surface area contributed by atoms with Crippen molar-refractivity contribution < 1.29 is 9.53 Å². The molecule has 1 aliphatic rings. The summed E-state index contributed by atoms with van der Waals surface area (Å²) < 4.78 is 7.62. The van der Waals surface area contributed by atoms with Gasteiger partial charge in [0.2, 0.25) is 0 Å². The zero-order valence-corrected chi connectivity index (χ0v) is 17.2. The van der Waals surface area contributed by atoms with Crippen LogP contribution < -0.4 is 10.1 Å². The van der Waals surface area contributed by atoms with E-state index in [0.29, 0.717) is 18.0 Å². The van der Waals surface area contributed by atoms with Crippen LogP contribution in [0.2, 0.25) is 0 Å². The Kier molecular flexibility index (Phi) is 4.92. The van der Waals surface area contributed by atoms with E-state index < -0.39 is 0 Å². The molecule has 0 bridgehead atoms. The summed E-state index contributed by atoms with van der Waals surface area (Å²) in [7, 11) is 1.60. The number of carbonyl (C=O) groups excluding carboxylic acids is 1. The molecule has 2 heterocycles. The number of hydrogen-bond donors (Lipinski definition) is 1. The van der Waals surface area contributed by atoms with Gasteiger partial charge in [0.05, 0.1) is 31.1 Å². The lowest BCUT2D eigenvalue weighted by Crippen LogP contribution is -2.38. The summed E-state index contributed by atoms with van der Waals surface area (Å²) in [5, 5.41) is 3.07. The van der Waals surface area contributed by atoms with Gasteiger partial charge in [0.1, 0.15) is 5.75 Å². The summed E-state index contributed by atoms with van der Waals surface area (Å²) >= 11 is 0. The summed E-state index contributed by atoms with van der Waals surface area (Å²) in [5.74, 6) is 0.630. The first kappa shape index (κ1) is 19.0. The highest BCUT2D eigenvalue weighted by molar-refractivity contribution is 5.91. The van der Waals surface area contributed by atoms with Crippen LogP contribution in [-0.2, 0) is 6.54 Å². The number of para-hydroxylation sites is 3. The Hall–Kier alpha value is -3.99. The molecule has 0 spiro atoms. The number of ether oxygens (including phenoxy) is 1. The molecule has 1 atom stereocenters. The number of benzene rings is 3. The van der Waals surface area contributed by atoms with E-state index in [1.807, 2.05) is 65.6 Å². The molecule has 0 fully saturated rings. The molecule has 0 radical (unpaired) electrons. The molecule has 1 aliphatic heterocycles. The number of fused-ring (bicyclic) bond motifs is 3. The van der Waals surface area contributed by atoms with Crippen molar-refractivity contribution in [2.75, 3.05) is 12.4 Å². The highest BCUT2D eigenvalue weighted by Gasteiger charge is 2.33. The topological polar surface area (TPSA) is 46.5 Å². The van der Waals surface area contributed by atoms with Crippen molar-refractivity contribution in [2.24, 2.45) is 0 Å². The predicted octanol–water partition coefficient (Wildman–Crippen LogP) is 5.62. The molecule has 2 amide bonds. The Labute approximate surface area is 181 Å². The molecule has 1 N–H and O–H groups in total. The number of rotatable bonds is 3. The minimum Gasteiger partial charge on any atom is -0.495 e. The average molecular weight is 409 g/mol. The SMILES string of the molecule is COc1ccccc1NC(=O)N1Cc2ccccc2-n2cccc2[C@@H]1c1ccccc1. The first-order chi connectivity index (χ1) is 15.3. The van der Waals surface area contributed by atoms with Crippen LogP contribution in [0.5, 0.6) is 5.75 Å². The van der Waals surface area contributed by atoms with E-state index in [9.17, 15) is 4.79 Å². The number of methoxy groups -OCH3 is 1. The second-order valence-electron chi connectivity index (χ2n) is 7.50.